The van der Waals surface area contributed by atoms with Crippen molar-refractivity contribution in [3.63, 3.8) is 0 Å². The van der Waals surface area contributed by atoms with Crippen LogP contribution in [0.3, 0.4) is 0 Å². The van der Waals surface area contributed by atoms with E-state index in [0.717, 1.165) is 20.9 Å². The van der Waals surface area contributed by atoms with Gasteiger partial charge < -0.3 is 14.2 Å². The summed E-state index contributed by atoms with van der Waals surface area (Å²) in [5, 5.41) is 7.04. The number of anilines is 1. The van der Waals surface area contributed by atoms with Gasteiger partial charge in [0.2, 0.25) is 10.9 Å². The van der Waals surface area contributed by atoms with Crippen molar-refractivity contribution in [3.8, 4) is 17.2 Å². The normalized spacial score (nSPS) is 11.0. The third-order valence-electron chi connectivity index (χ3n) is 3.63. The summed E-state index contributed by atoms with van der Waals surface area (Å²) in [4.78, 5) is 4.58. The standard InChI is InChI=1S/C18H19N3O3S/c1-21(18-20-13-7-5-6-8-16(13)25-18)19-11-12-9-14(22-2)17(24-4)15(10-12)23-3/h5-11H,1-4H3/b19-11+. The highest BCUT2D eigenvalue weighted by Crippen LogP contribution is 2.37. The lowest BCUT2D eigenvalue weighted by Crippen LogP contribution is -2.08. The molecule has 0 atom stereocenters. The van der Waals surface area contributed by atoms with Gasteiger partial charge in [-0.2, -0.15) is 5.10 Å². The molecule has 0 aliphatic carbocycles. The zero-order valence-electron chi connectivity index (χ0n) is 14.5. The number of rotatable bonds is 6. The predicted molar refractivity (Wildman–Crippen MR) is 102 cm³/mol. The van der Waals surface area contributed by atoms with E-state index in [2.05, 4.69) is 10.1 Å². The monoisotopic (exact) mass is 357 g/mol. The van der Waals surface area contributed by atoms with Crippen LogP contribution in [0.2, 0.25) is 0 Å². The van der Waals surface area contributed by atoms with Crippen LogP contribution in [0.4, 0.5) is 5.13 Å². The van der Waals surface area contributed by atoms with Gasteiger partial charge in [-0.05, 0) is 24.3 Å². The van der Waals surface area contributed by atoms with Gasteiger partial charge in [0.05, 0.1) is 37.8 Å². The molecule has 0 bridgehead atoms. The first kappa shape index (κ1) is 17.0. The topological polar surface area (TPSA) is 56.2 Å². The molecule has 6 nitrogen and oxygen atoms in total. The maximum absolute atomic E-state index is 5.36. The molecule has 7 heteroatoms. The van der Waals surface area contributed by atoms with Crippen LogP contribution >= 0.6 is 11.3 Å². The van der Waals surface area contributed by atoms with Crippen LogP contribution in [0.15, 0.2) is 41.5 Å². The quantitative estimate of drug-likeness (QED) is 0.496. The van der Waals surface area contributed by atoms with E-state index in [-0.39, 0.29) is 0 Å². The van der Waals surface area contributed by atoms with Crippen molar-refractivity contribution < 1.29 is 14.2 Å². The number of hydrogen-bond acceptors (Lipinski definition) is 7. The number of hydrogen-bond donors (Lipinski definition) is 0. The van der Waals surface area contributed by atoms with Gasteiger partial charge in [-0.15, -0.1) is 0 Å². The van der Waals surface area contributed by atoms with Crippen LogP contribution in [0.25, 0.3) is 10.2 Å². The van der Waals surface area contributed by atoms with Crippen molar-refractivity contribution >= 4 is 32.9 Å². The molecule has 25 heavy (non-hydrogen) atoms. The van der Waals surface area contributed by atoms with E-state index in [9.17, 15) is 0 Å². The first-order valence-corrected chi connectivity index (χ1v) is 8.41. The van der Waals surface area contributed by atoms with Gasteiger partial charge in [0.1, 0.15) is 0 Å². The summed E-state index contributed by atoms with van der Waals surface area (Å²) in [6, 6.07) is 11.7. The van der Waals surface area contributed by atoms with Crippen LogP contribution in [0.1, 0.15) is 5.56 Å². The van der Waals surface area contributed by atoms with E-state index in [1.807, 2.05) is 43.4 Å². The minimum absolute atomic E-state index is 0.557. The fourth-order valence-corrected chi connectivity index (χ4v) is 3.26. The molecule has 130 valence electrons. The summed E-state index contributed by atoms with van der Waals surface area (Å²) in [6.07, 6.45) is 1.73. The number of methoxy groups -OCH3 is 3. The van der Waals surface area contributed by atoms with Gasteiger partial charge >= 0.3 is 0 Å². The molecule has 0 saturated heterocycles. The van der Waals surface area contributed by atoms with Crippen molar-refractivity contribution in [1.29, 1.82) is 0 Å². The molecule has 3 rings (SSSR count). The van der Waals surface area contributed by atoms with Crippen LogP contribution in [0.5, 0.6) is 17.2 Å². The summed E-state index contributed by atoms with van der Waals surface area (Å²) < 4.78 is 17.2. The lowest BCUT2D eigenvalue weighted by atomic mass is 10.2. The summed E-state index contributed by atoms with van der Waals surface area (Å²) >= 11 is 1.59. The average molecular weight is 357 g/mol. The average Bonchev–Trinajstić information content (AvgIpc) is 3.09. The van der Waals surface area contributed by atoms with E-state index in [1.54, 1.807) is 43.9 Å². The molecule has 0 fully saturated rings. The zero-order chi connectivity index (χ0) is 17.8. The fourth-order valence-electron chi connectivity index (χ4n) is 2.38. The highest BCUT2D eigenvalue weighted by molar-refractivity contribution is 7.22. The Morgan fingerprint density at radius 1 is 1.04 bits per heavy atom. The molecule has 0 unspecified atom stereocenters. The molecule has 0 N–H and O–H groups in total. The number of aromatic nitrogens is 1. The molecule has 1 heterocycles. The Bertz CT molecular complexity index is 849. The van der Waals surface area contributed by atoms with E-state index >= 15 is 0 Å². The summed E-state index contributed by atoms with van der Waals surface area (Å²) in [6.45, 7) is 0. The van der Waals surface area contributed by atoms with E-state index in [4.69, 9.17) is 14.2 Å². The molecular formula is C18H19N3O3S. The lowest BCUT2D eigenvalue weighted by molar-refractivity contribution is 0.324. The molecule has 0 spiro atoms. The molecule has 0 radical (unpaired) electrons. The first-order valence-electron chi connectivity index (χ1n) is 7.59. The molecule has 0 saturated carbocycles. The Labute approximate surface area is 150 Å². The van der Waals surface area contributed by atoms with Crippen molar-refractivity contribution in [3.05, 3.63) is 42.0 Å². The number of para-hydroxylation sites is 1. The summed E-state index contributed by atoms with van der Waals surface area (Å²) in [5.41, 5.74) is 1.81. The van der Waals surface area contributed by atoms with Gasteiger partial charge in [-0.3, -0.25) is 0 Å². The number of ether oxygens (including phenoxy) is 3. The number of benzene rings is 2. The Kier molecular flexibility index (Phi) is 5.04. The first-order chi connectivity index (χ1) is 12.2. The number of thiazole rings is 1. The molecule has 0 aliphatic heterocycles. The Morgan fingerprint density at radius 3 is 2.32 bits per heavy atom. The Balaban J connectivity index is 1.87. The molecule has 0 amide bonds. The minimum atomic E-state index is 0.557. The van der Waals surface area contributed by atoms with Crippen LogP contribution in [-0.4, -0.2) is 39.6 Å². The van der Waals surface area contributed by atoms with Crippen LogP contribution < -0.4 is 19.2 Å². The van der Waals surface area contributed by atoms with Gasteiger partial charge in [0, 0.05) is 12.6 Å². The smallest absolute Gasteiger partial charge is 0.206 e. The Hall–Kier alpha value is -2.80. The van der Waals surface area contributed by atoms with E-state index in [1.165, 1.54) is 0 Å². The van der Waals surface area contributed by atoms with Gasteiger partial charge in [-0.25, -0.2) is 9.99 Å². The second-order valence-corrected chi connectivity index (χ2v) is 6.20. The van der Waals surface area contributed by atoms with E-state index in [0.29, 0.717) is 17.2 Å². The summed E-state index contributed by atoms with van der Waals surface area (Å²) in [7, 11) is 6.62. The molecule has 2 aromatic carbocycles. The van der Waals surface area contributed by atoms with Crippen molar-refractivity contribution in [1.82, 2.24) is 4.98 Å². The SMILES string of the molecule is COc1cc(/C=N/N(C)c2nc3ccccc3s2)cc(OC)c1OC. The molecule has 0 aliphatic rings. The number of nitrogens with zero attached hydrogens (tertiary/aromatic N) is 3. The minimum Gasteiger partial charge on any atom is -0.493 e. The predicted octanol–water partition coefficient (Wildman–Crippen LogP) is 3.79. The maximum atomic E-state index is 5.36. The molecule has 3 aromatic rings. The molecule has 1 aromatic heterocycles. The fraction of sp³-hybridized carbons (Fsp3) is 0.222. The van der Waals surface area contributed by atoms with Gasteiger partial charge in [0.25, 0.3) is 0 Å². The second kappa shape index (κ2) is 7.40. The van der Waals surface area contributed by atoms with Crippen LogP contribution in [0, 0.1) is 0 Å². The summed E-state index contributed by atoms with van der Waals surface area (Å²) in [5.74, 6) is 1.73. The van der Waals surface area contributed by atoms with Crippen LogP contribution in [-0.2, 0) is 0 Å². The molecular weight excluding hydrogens is 338 g/mol. The third-order valence-corrected chi connectivity index (χ3v) is 4.73. The highest BCUT2D eigenvalue weighted by Gasteiger charge is 2.13. The number of fused-ring (bicyclic) bond motifs is 1. The number of hydrazone groups is 1. The Morgan fingerprint density at radius 2 is 1.72 bits per heavy atom. The lowest BCUT2D eigenvalue weighted by Gasteiger charge is -2.13. The van der Waals surface area contributed by atoms with Gasteiger partial charge in [-0.1, -0.05) is 23.5 Å². The zero-order valence-corrected chi connectivity index (χ0v) is 15.3. The van der Waals surface area contributed by atoms with Gasteiger partial charge in [0.15, 0.2) is 11.5 Å². The van der Waals surface area contributed by atoms with Crippen molar-refractivity contribution in [2.24, 2.45) is 5.10 Å². The van der Waals surface area contributed by atoms with E-state index < -0.39 is 0 Å². The maximum Gasteiger partial charge on any atom is 0.206 e. The second-order valence-electron chi connectivity index (χ2n) is 5.19. The largest absolute Gasteiger partial charge is 0.493 e. The van der Waals surface area contributed by atoms with Crippen molar-refractivity contribution in [2.45, 2.75) is 0 Å². The highest BCUT2D eigenvalue weighted by atomic mass is 32.1. The van der Waals surface area contributed by atoms with Crippen molar-refractivity contribution in [2.75, 3.05) is 33.4 Å². The third kappa shape index (κ3) is 3.51.